The molecule has 0 spiro atoms. The zero-order valence-electron chi connectivity index (χ0n) is 13.8. The highest BCUT2D eigenvalue weighted by molar-refractivity contribution is 9.10. The predicted octanol–water partition coefficient (Wildman–Crippen LogP) is 4.85. The van der Waals surface area contributed by atoms with Gasteiger partial charge in [0.2, 0.25) is 0 Å². The van der Waals surface area contributed by atoms with Crippen molar-refractivity contribution in [1.29, 1.82) is 0 Å². The lowest BCUT2D eigenvalue weighted by molar-refractivity contribution is -0.130. The Morgan fingerprint density at radius 2 is 1.24 bits per heavy atom. The van der Waals surface area contributed by atoms with Crippen molar-refractivity contribution in [2.75, 3.05) is 0 Å². The van der Waals surface area contributed by atoms with E-state index in [1.54, 1.807) is 24.3 Å². The van der Waals surface area contributed by atoms with Crippen LogP contribution in [0.3, 0.4) is 0 Å². The van der Waals surface area contributed by atoms with Crippen molar-refractivity contribution >= 4 is 37.6 Å². The van der Waals surface area contributed by atoms with Gasteiger partial charge in [-0.05, 0) is 24.3 Å². The first kappa shape index (κ1) is 18.4. The molecule has 0 amide bonds. The number of hydrogen-bond acceptors (Lipinski definition) is 4. The molecule has 0 radical (unpaired) electrons. The lowest BCUT2D eigenvalue weighted by Gasteiger charge is -2.40. The summed E-state index contributed by atoms with van der Waals surface area (Å²) in [7, 11) is 0. The van der Waals surface area contributed by atoms with Gasteiger partial charge in [-0.1, -0.05) is 57.8 Å². The highest BCUT2D eigenvalue weighted by atomic mass is 79.9. The lowest BCUT2D eigenvalue weighted by atomic mass is 9.76. The molecular weight excluding hydrogens is 450 g/mol. The van der Waals surface area contributed by atoms with Crippen molar-refractivity contribution in [3.8, 4) is 11.5 Å². The Kier molecular flexibility index (Phi) is 5.23. The summed E-state index contributed by atoms with van der Waals surface area (Å²) in [4.78, 5) is 12.9. The molecule has 6 heteroatoms. The Labute approximate surface area is 163 Å². The maximum absolute atomic E-state index is 12.9. The van der Waals surface area contributed by atoms with Gasteiger partial charge in [-0.2, -0.15) is 0 Å². The SMILES string of the molecule is CC1C(=O)C(C)C(c2c(O)cccc2Br)NC1c1c(O)cccc1Br. The number of rotatable bonds is 2. The molecule has 4 nitrogen and oxygen atoms in total. The molecule has 0 bridgehead atoms. The summed E-state index contributed by atoms with van der Waals surface area (Å²) >= 11 is 6.96. The first-order valence-electron chi connectivity index (χ1n) is 8.07. The van der Waals surface area contributed by atoms with E-state index >= 15 is 0 Å². The van der Waals surface area contributed by atoms with Gasteiger partial charge in [0.25, 0.3) is 0 Å². The number of phenolic OH excluding ortho intramolecular Hbond substituents is 2. The predicted molar refractivity (Wildman–Crippen MR) is 104 cm³/mol. The lowest BCUT2D eigenvalue weighted by Crippen LogP contribution is -2.46. The Balaban J connectivity index is 2.09. The molecule has 0 aliphatic carbocycles. The number of phenols is 2. The molecule has 4 atom stereocenters. The van der Waals surface area contributed by atoms with Gasteiger partial charge in [-0.25, -0.2) is 0 Å². The Hall–Kier alpha value is -1.37. The van der Waals surface area contributed by atoms with E-state index in [4.69, 9.17) is 0 Å². The van der Waals surface area contributed by atoms with E-state index in [0.717, 1.165) is 8.95 Å². The number of aromatic hydroxyl groups is 2. The minimum absolute atomic E-state index is 0.0963. The van der Waals surface area contributed by atoms with Crippen molar-refractivity contribution < 1.29 is 15.0 Å². The van der Waals surface area contributed by atoms with Gasteiger partial charge >= 0.3 is 0 Å². The Morgan fingerprint density at radius 3 is 1.60 bits per heavy atom. The molecule has 4 unspecified atom stereocenters. The molecule has 1 heterocycles. The van der Waals surface area contributed by atoms with Gasteiger partial charge in [0.05, 0.1) is 0 Å². The van der Waals surface area contributed by atoms with E-state index in [2.05, 4.69) is 37.2 Å². The standard InChI is InChI=1S/C19H19Br2NO3/c1-9-17(15-11(20)5-3-7-13(15)23)22-18(10(2)19(9)25)16-12(21)6-4-8-14(16)24/h3-10,17-18,22-24H,1-2H3. The van der Waals surface area contributed by atoms with Crippen molar-refractivity contribution in [3.05, 3.63) is 56.5 Å². The number of ketones is 1. The third kappa shape index (κ3) is 3.23. The van der Waals surface area contributed by atoms with Crippen LogP contribution in [0.1, 0.15) is 37.1 Å². The molecule has 2 aromatic rings. The van der Waals surface area contributed by atoms with E-state index in [0.29, 0.717) is 11.1 Å². The van der Waals surface area contributed by atoms with E-state index in [1.807, 2.05) is 26.0 Å². The fourth-order valence-corrected chi connectivity index (χ4v) is 4.76. The number of halogens is 2. The summed E-state index contributed by atoms with van der Waals surface area (Å²) < 4.78 is 1.49. The number of Topliss-reactive ketones (excluding diaryl/α,β-unsaturated/α-hetero) is 1. The van der Waals surface area contributed by atoms with Crippen LogP contribution >= 0.6 is 31.9 Å². The molecule has 25 heavy (non-hydrogen) atoms. The van der Waals surface area contributed by atoms with Crippen molar-refractivity contribution in [1.82, 2.24) is 5.32 Å². The number of carbonyl (C=O) groups is 1. The molecule has 1 saturated heterocycles. The van der Waals surface area contributed by atoms with Gasteiger partial charge in [-0.3, -0.25) is 4.79 Å². The number of carbonyl (C=O) groups excluding carboxylic acids is 1. The first-order chi connectivity index (χ1) is 11.8. The van der Waals surface area contributed by atoms with Crippen LogP contribution in [0.4, 0.5) is 0 Å². The maximum atomic E-state index is 12.9. The topological polar surface area (TPSA) is 69.6 Å². The number of nitrogens with one attached hydrogen (secondary N) is 1. The molecule has 0 saturated carbocycles. The number of hydrogen-bond donors (Lipinski definition) is 3. The van der Waals surface area contributed by atoms with Crippen LogP contribution in [0.5, 0.6) is 11.5 Å². The smallest absolute Gasteiger partial charge is 0.142 e. The van der Waals surface area contributed by atoms with Crippen LogP contribution in [-0.4, -0.2) is 16.0 Å². The molecule has 2 aromatic carbocycles. The normalized spacial score (nSPS) is 26.6. The minimum Gasteiger partial charge on any atom is -0.508 e. The molecule has 1 aliphatic heterocycles. The number of piperidine rings is 1. The van der Waals surface area contributed by atoms with Crippen molar-refractivity contribution in [2.24, 2.45) is 11.8 Å². The molecule has 132 valence electrons. The molecule has 3 N–H and O–H groups in total. The molecule has 1 fully saturated rings. The zero-order chi connectivity index (χ0) is 18.3. The van der Waals surface area contributed by atoms with Crippen LogP contribution in [0.2, 0.25) is 0 Å². The molecule has 3 rings (SSSR count). The summed E-state index contributed by atoms with van der Waals surface area (Å²) in [6, 6.07) is 9.68. The third-order valence-electron chi connectivity index (χ3n) is 4.94. The summed E-state index contributed by atoms with van der Waals surface area (Å²) in [5, 5.41) is 24.2. The number of benzene rings is 2. The average molecular weight is 469 g/mol. The van der Waals surface area contributed by atoms with Crippen LogP contribution in [0.25, 0.3) is 0 Å². The van der Waals surface area contributed by atoms with Gasteiger partial charge in [0.15, 0.2) is 0 Å². The van der Waals surface area contributed by atoms with Crippen molar-refractivity contribution in [3.63, 3.8) is 0 Å². The van der Waals surface area contributed by atoms with Gasteiger partial charge in [0, 0.05) is 44.0 Å². The van der Waals surface area contributed by atoms with Crippen LogP contribution < -0.4 is 5.32 Å². The fourth-order valence-electron chi connectivity index (χ4n) is 3.56. The second-order valence-electron chi connectivity index (χ2n) is 6.45. The van der Waals surface area contributed by atoms with Gasteiger partial charge < -0.3 is 15.5 Å². The first-order valence-corrected chi connectivity index (χ1v) is 9.66. The quantitative estimate of drug-likeness (QED) is 0.589. The third-order valence-corrected chi connectivity index (χ3v) is 6.32. The van der Waals surface area contributed by atoms with Crippen LogP contribution in [-0.2, 0) is 4.79 Å². The van der Waals surface area contributed by atoms with Gasteiger partial charge in [-0.15, -0.1) is 0 Å². The monoisotopic (exact) mass is 467 g/mol. The molecule has 0 aromatic heterocycles. The summed E-state index contributed by atoms with van der Waals surface area (Å²) in [5.74, 6) is -0.243. The van der Waals surface area contributed by atoms with Crippen molar-refractivity contribution in [2.45, 2.75) is 25.9 Å². The van der Waals surface area contributed by atoms with Crippen LogP contribution in [0.15, 0.2) is 45.3 Å². The summed E-state index contributed by atoms with van der Waals surface area (Å²) in [6.45, 7) is 3.73. The maximum Gasteiger partial charge on any atom is 0.142 e. The fraction of sp³-hybridized carbons (Fsp3) is 0.316. The molecular formula is C19H19Br2NO3. The van der Waals surface area contributed by atoms with E-state index in [9.17, 15) is 15.0 Å². The average Bonchev–Trinajstić information content (AvgIpc) is 2.56. The second kappa shape index (κ2) is 7.09. The minimum atomic E-state index is -0.365. The highest BCUT2D eigenvalue weighted by Crippen LogP contribution is 2.45. The van der Waals surface area contributed by atoms with E-state index in [-0.39, 0.29) is 41.2 Å². The van der Waals surface area contributed by atoms with Gasteiger partial charge in [0.1, 0.15) is 17.3 Å². The summed E-state index contributed by atoms with van der Waals surface area (Å²) in [5.41, 5.74) is 1.32. The Bertz CT molecular complexity index is 718. The second-order valence-corrected chi connectivity index (χ2v) is 8.16. The zero-order valence-corrected chi connectivity index (χ0v) is 17.0. The highest BCUT2D eigenvalue weighted by Gasteiger charge is 2.42. The van der Waals surface area contributed by atoms with E-state index in [1.165, 1.54) is 0 Å². The van der Waals surface area contributed by atoms with Crippen LogP contribution in [0, 0.1) is 11.8 Å². The largest absolute Gasteiger partial charge is 0.508 e. The summed E-state index contributed by atoms with van der Waals surface area (Å²) in [6.07, 6.45) is 0. The van der Waals surface area contributed by atoms with E-state index < -0.39 is 0 Å². The Morgan fingerprint density at radius 1 is 0.840 bits per heavy atom. The molecule has 1 aliphatic rings.